The van der Waals surface area contributed by atoms with E-state index in [-0.39, 0.29) is 11.5 Å². The van der Waals surface area contributed by atoms with E-state index in [1.54, 1.807) is 10.4 Å². The first-order valence-electron chi connectivity index (χ1n) is 7.60. The van der Waals surface area contributed by atoms with Gasteiger partial charge >= 0.3 is 0 Å². The van der Waals surface area contributed by atoms with Crippen molar-refractivity contribution in [3.8, 4) is 0 Å². The van der Waals surface area contributed by atoms with Crippen molar-refractivity contribution in [2.75, 3.05) is 19.6 Å². The van der Waals surface area contributed by atoms with Gasteiger partial charge in [-0.05, 0) is 23.5 Å². The highest BCUT2D eigenvalue weighted by Crippen LogP contribution is 2.30. The number of rotatable bonds is 3. The Morgan fingerprint density at radius 1 is 1.29 bits per heavy atom. The molecule has 0 aliphatic carbocycles. The molecule has 0 saturated carbocycles. The fourth-order valence-corrected chi connectivity index (χ4v) is 4.63. The summed E-state index contributed by atoms with van der Waals surface area (Å²) < 4.78 is 27.7. The van der Waals surface area contributed by atoms with Gasteiger partial charge < -0.3 is 5.32 Å². The summed E-state index contributed by atoms with van der Waals surface area (Å²) in [7, 11) is -3.43. The van der Waals surface area contributed by atoms with Gasteiger partial charge in [-0.3, -0.25) is 0 Å². The Morgan fingerprint density at radius 3 is 2.57 bits per heavy atom. The van der Waals surface area contributed by atoms with Crippen LogP contribution in [0.5, 0.6) is 0 Å². The molecule has 21 heavy (non-hydrogen) atoms. The molecule has 0 spiro atoms. The van der Waals surface area contributed by atoms with Crippen molar-refractivity contribution in [1.29, 1.82) is 0 Å². The molecule has 1 N–H and O–H groups in total. The Balaban J connectivity index is 2.41. The summed E-state index contributed by atoms with van der Waals surface area (Å²) in [6.45, 7) is 10.0. The number of sulfonamides is 1. The van der Waals surface area contributed by atoms with Gasteiger partial charge in [0, 0.05) is 25.7 Å². The molecule has 1 atom stereocenters. The molecule has 1 aromatic carbocycles. The number of hydrogen-bond donors (Lipinski definition) is 1. The fraction of sp³-hybridized carbons (Fsp3) is 0.625. The molecule has 4 nitrogen and oxygen atoms in total. The van der Waals surface area contributed by atoms with Crippen LogP contribution in [0.25, 0.3) is 0 Å². The monoisotopic (exact) mass is 310 g/mol. The van der Waals surface area contributed by atoms with Gasteiger partial charge in [0.15, 0.2) is 0 Å². The maximum atomic E-state index is 13.0. The minimum atomic E-state index is -3.43. The lowest BCUT2D eigenvalue weighted by molar-refractivity contribution is 0.293. The van der Waals surface area contributed by atoms with Crippen LogP contribution in [-0.2, 0) is 15.4 Å². The van der Waals surface area contributed by atoms with Crippen molar-refractivity contribution in [1.82, 2.24) is 9.62 Å². The topological polar surface area (TPSA) is 49.4 Å². The molecule has 1 unspecified atom stereocenters. The lowest BCUT2D eigenvalue weighted by Crippen LogP contribution is -2.52. The molecule has 1 fully saturated rings. The van der Waals surface area contributed by atoms with Gasteiger partial charge in [-0.15, -0.1) is 0 Å². The SMILES string of the molecule is CCC1CN(S(=O)(=O)c2ccccc2C(C)(C)C)CCN1. The third kappa shape index (κ3) is 3.47. The Hall–Kier alpha value is -0.910. The number of nitrogens with one attached hydrogen (secondary N) is 1. The molecule has 5 heteroatoms. The number of hydrogen-bond acceptors (Lipinski definition) is 3. The maximum Gasteiger partial charge on any atom is 0.243 e. The molecule has 0 aromatic heterocycles. The molecule has 1 aliphatic rings. The van der Waals surface area contributed by atoms with Crippen molar-refractivity contribution in [2.24, 2.45) is 0 Å². The predicted molar refractivity (Wildman–Crippen MR) is 86.0 cm³/mol. The summed E-state index contributed by atoms with van der Waals surface area (Å²) in [4.78, 5) is 0.453. The molecule has 1 saturated heterocycles. The normalized spacial score (nSPS) is 21.4. The summed E-state index contributed by atoms with van der Waals surface area (Å²) in [5, 5.41) is 3.36. The van der Waals surface area contributed by atoms with Gasteiger partial charge in [0.25, 0.3) is 0 Å². The van der Waals surface area contributed by atoms with Crippen LogP contribution >= 0.6 is 0 Å². The lowest BCUT2D eigenvalue weighted by atomic mass is 9.87. The van der Waals surface area contributed by atoms with Crippen LogP contribution < -0.4 is 5.32 Å². The summed E-state index contributed by atoms with van der Waals surface area (Å²) >= 11 is 0. The van der Waals surface area contributed by atoms with Crippen molar-refractivity contribution < 1.29 is 8.42 Å². The molecular weight excluding hydrogens is 284 g/mol. The van der Waals surface area contributed by atoms with E-state index in [1.807, 2.05) is 39.0 Å². The van der Waals surface area contributed by atoms with Gasteiger partial charge in [-0.25, -0.2) is 8.42 Å². The third-order valence-electron chi connectivity index (χ3n) is 4.02. The van der Waals surface area contributed by atoms with E-state index in [1.165, 1.54) is 0 Å². The van der Waals surface area contributed by atoms with Crippen LogP contribution in [0.15, 0.2) is 29.2 Å². The van der Waals surface area contributed by atoms with Crippen LogP contribution in [0.2, 0.25) is 0 Å². The van der Waals surface area contributed by atoms with E-state index in [0.29, 0.717) is 18.0 Å². The van der Waals surface area contributed by atoms with E-state index < -0.39 is 10.0 Å². The first kappa shape index (κ1) is 16.5. The fourth-order valence-electron chi connectivity index (χ4n) is 2.74. The zero-order valence-electron chi connectivity index (χ0n) is 13.4. The standard InChI is InChI=1S/C16H26N2O2S/c1-5-13-12-18(11-10-17-13)21(19,20)15-9-7-6-8-14(15)16(2,3)4/h6-9,13,17H,5,10-12H2,1-4H3. The zero-order valence-corrected chi connectivity index (χ0v) is 14.2. The average molecular weight is 310 g/mol. The van der Waals surface area contributed by atoms with Crippen molar-refractivity contribution >= 4 is 10.0 Å². The van der Waals surface area contributed by atoms with E-state index in [2.05, 4.69) is 12.2 Å². The van der Waals surface area contributed by atoms with Crippen molar-refractivity contribution in [2.45, 2.75) is 50.5 Å². The molecule has 118 valence electrons. The highest BCUT2D eigenvalue weighted by Gasteiger charge is 2.33. The summed E-state index contributed by atoms with van der Waals surface area (Å²) in [6.07, 6.45) is 0.937. The van der Waals surface area contributed by atoms with E-state index >= 15 is 0 Å². The van der Waals surface area contributed by atoms with Gasteiger partial charge in [-0.2, -0.15) is 4.31 Å². The molecular formula is C16H26N2O2S. The van der Waals surface area contributed by atoms with Gasteiger partial charge in [-0.1, -0.05) is 45.9 Å². The Kier molecular flexibility index (Phi) is 4.76. The van der Waals surface area contributed by atoms with Gasteiger partial charge in [0.05, 0.1) is 4.90 Å². The number of benzene rings is 1. The molecule has 2 rings (SSSR count). The minimum absolute atomic E-state index is 0.193. The van der Waals surface area contributed by atoms with E-state index in [0.717, 1.165) is 18.5 Å². The Morgan fingerprint density at radius 2 is 1.95 bits per heavy atom. The van der Waals surface area contributed by atoms with Gasteiger partial charge in [0.2, 0.25) is 10.0 Å². The van der Waals surface area contributed by atoms with Crippen LogP contribution in [0.4, 0.5) is 0 Å². The summed E-state index contributed by atoms with van der Waals surface area (Å²) in [5.41, 5.74) is 0.693. The summed E-state index contributed by atoms with van der Waals surface area (Å²) in [6, 6.07) is 7.62. The molecule has 0 bridgehead atoms. The highest BCUT2D eigenvalue weighted by molar-refractivity contribution is 7.89. The number of piperazine rings is 1. The molecule has 0 radical (unpaired) electrons. The maximum absolute atomic E-state index is 13.0. The average Bonchev–Trinajstić information content (AvgIpc) is 2.46. The van der Waals surface area contributed by atoms with E-state index in [9.17, 15) is 8.42 Å². The van der Waals surface area contributed by atoms with Crippen molar-refractivity contribution in [3.05, 3.63) is 29.8 Å². The minimum Gasteiger partial charge on any atom is -0.311 e. The zero-order chi connectivity index (χ0) is 15.7. The highest BCUT2D eigenvalue weighted by atomic mass is 32.2. The molecule has 1 heterocycles. The van der Waals surface area contributed by atoms with Gasteiger partial charge in [0.1, 0.15) is 0 Å². The Labute approximate surface area is 128 Å². The van der Waals surface area contributed by atoms with Crippen molar-refractivity contribution in [3.63, 3.8) is 0 Å². The summed E-state index contributed by atoms with van der Waals surface area (Å²) in [5.74, 6) is 0. The quantitative estimate of drug-likeness (QED) is 0.932. The first-order valence-corrected chi connectivity index (χ1v) is 9.04. The molecule has 1 aromatic rings. The van der Waals surface area contributed by atoms with Crippen LogP contribution in [0.3, 0.4) is 0 Å². The smallest absolute Gasteiger partial charge is 0.243 e. The second-order valence-corrected chi connectivity index (χ2v) is 8.57. The van der Waals surface area contributed by atoms with E-state index in [4.69, 9.17) is 0 Å². The largest absolute Gasteiger partial charge is 0.311 e. The van der Waals surface area contributed by atoms with Crippen LogP contribution in [0, 0.1) is 0 Å². The van der Waals surface area contributed by atoms with Crippen LogP contribution in [-0.4, -0.2) is 38.4 Å². The Bertz CT molecular complexity index is 591. The predicted octanol–water partition coefficient (Wildman–Crippen LogP) is 2.36. The lowest BCUT2D eigenvalue weighted by Gasteiger charge is -2.33. The second kappa shape index (κ2) is 6.07. The third-order valence-corrected chi connectivity index (χ3v) is 5.95. The molecule has 0 amide bonds. The first-order chi connectivity index (χ1) is 9.76. The number of nitrogens with zero attached hydrogens (tertiary/aromatic N) is 1. The van der Waals surface area contributed by atoms with Crippen LogP contribution in [0.1, 0.15) is 39.7 Å². The molecule has 1 aliphatic heterocycles. The second-order valence-electron chi connectivity index (χ2n) is 6.67.